The summed E-state index contributed by atoms with van der Waals surface area (Å²) in [5.41, 5.74) is 3.35. The molecule has 0 saturated heterocycles. The highest BCUT2D eigenvalue weighted by molar-refractivity contribution is 5.64. The summed E-state index contributed by atoms with van der Waals surface area (Å²) in [6.07, 6.45) is 9.79. The molecule has 2 N–H and O–H groups in total. The van der Waals surface area contributed by atoms with Crippen LogP contribution in [0.4, 0.5) is 5.69 Å². The fourth-order valence-corrected chi connectivity index (χ4v) is 4.61. The van der Waals surface area contributed by atoms with Crippen molar-refractivity contribution in [1.29, 1.82) is 0 Å². The lowest BCUT2D eigenvalue weighted by Crippen LogP contribution is -2.60. The highest BCUT2D eigenvalue weighted by atomic mass is 15.2. The van der Waals surface area contributed by atoms with Gasteiger partial charge in [-0.1, -0.05) is 39.0 Å². The molecule has 0 aromatic heterocycles. The number of hydrogen-bond acceptors (Lipinski definition) is 2. The second-order valence-corrected chi connectivity index (χ2v) is 8.46. The zero-order valence-electron chi connectivity index (χ0n) is 14.1. The van der Waals surface area contributed by atoms with Gasteiger partial charge in [0, 0.05) is 16.6 Å². The molecular formula is C20H28N2. The molecule has 1 saturated carbocycles. The fourth-order valence-electron chi connectivity index (χ4n) is 4.61. The summed E-state index contributed by atoms with van der Waals surface area (Å²) in [6.45, 7) is 7.18. The molecule has 0 radical (unpaired) electrons. The van der Waals surface area contributed by atoms with E-state index in [9.17, 15) is 0 Å². The van der Waals surface area contributed by atoms with E-state index >= 15 is 0 Å². The van der Waals surface area contributed by atoms with E-state index < -0.39 is 0 Å². The SMILES string of the molecule is CC(C)(C)C1CCC2(CC1)NC1=c3c(cccc3=CCC1)N2. The first-order valence-electron chi connectivity index (χ1n) is 8.86. The maximum Gasteiger partial charge on any atom is 0.107 e. The highest BCUT2D eigenvalue weighted by Gasteiger charge is 2.40. The standard InChI is InChI=1S/C20H28N2/c1-19(2,3)15-10-12-20(13-11-15)21-16-8-4-6-14-7-5-9-17(22-20)18(14)16/h4,6-8,15,21-22H,5,9-13H2,1-3H3. The summed E-state index contributed by atoms with van der Waals surface area (Å²) in [4.78, 5) is 0. The van der Waals surface area contributed by atoms with E-state index in [1.807, 2.05) is 0 Å². The van der Waals surface area contributed by atoms with E-state index in [2.05, 4.69) is 55.7 Å². The Kier molecular flexibility index (Phi) is 3.08. The molecule has 0 bridgehead atoms. The molecule has 2 aliphatic carbocycles. The Balaban J connectivity index is 1.65. The minimum absolute atomic E-state index is 0.0973. The van der Waals surface area contributed by atoms with Gasteiger partial charge in [-0.3, -0.25) is 0 Å². The van der Waals surface area contributed by atoms with Crippen molar-refractivity contribution in [1.82, 2.24) is 5.32 Å². The first-order valence-corrected chi connectivity index (χ1v) is 8.86. The maximum atomic E-state index is 3.92. The van der Waals surface area contributed by atoms with E-state index in [-0.39, 0.29) is 5.66 Å². The van der Waals surface area contributed by atoms with Gasteiger partial charge in [0.15, 0.2) is 0 Å². The van der Waals surface area contributed by atoms with Gasteiger partial charge in [-0.25, -0.2) is 0 Å². The van der Waals surface area contributed by atoms with Crippen LogP contribution < -0.4 is 21.1 Å². The van der Waals surface area contributed by atoms with Gasteiger partial charge in [0.05, 0.1) is 0 Å². The average molecular weight is 296 g/mol. The number of hydrogen-bond donors (Lipinski definition) is 2. The molecule has 0 unspecified atom stereocenters. The number of anilines is 1. The van der Waals surface area contributed by atoms with Crippen LogP contribution >= 0.6 is 0 Å². The van der Waals surface area contributed by atoms with E-state index in [1.54, 1.807) is 0 Å². The Labute approximate surface area is 133 Å². The van der Waals surface area contributed by atoms with Crippen molar-refractivity contribution in [2.45, 2.75) is 65.0 Å². The molecule has 3 aliphatic rings. The summed E-state index contributed by atoms with van der Waals surface area (Å²) in [5.74, 6) is 0.846. The average Bonchev–Trinajstić information content (AvgIpc) is 2.47. The molecule has 2 heteroatoms. The van der Waals surface area contributed by atoms with E-state index in [0.717, 1.165) is 12.3 Å². The summed E-state index contributed by atoms with van der Waals surface area (Å²) >= 11 is 0. The van der Waals surface area contributed by atoms with Crippen molar-refractivity contribution >= 4 is 17.5 Å². The Morgan fingerprint density at radius 3 is 2.59 bits per heavy atom. The van der Waals surface area contributed by atoms with Crippen LogP contribution in [0.15, 0.2) is 18.2 Å². The van der Waals surface area contributed by atoms with Gasteiger partial charge in [0.25, 0.3) is 0 Å². The summed E-state index contributed by atoms with van der Waals surface area (Å²) in [5, 5.41) is 10.6. The van der Waals surface area contributed by atoms with Gasteiger partial charge in [-0.2, -0.15) is 0 Å². The third-order valence-corrected chi connectivity index (χ3v) is 5.99. The predicted octanol–water partition coefficient (Wildman–Crippen LogP) is 3.32. The Morgan fingerprint density at radius 2 is 1.86 bits per heavy atom. The van der Waals surface area contributed by atoms with Crippen LogP contribution in [0.2, 0.25) is 0 Å². The summed E-state index contributed by atoms with van der Waals surface area (Å²) in [6, 6.07) is 6.70. The van der Waals surface area contributed by atoms with Gasteiger partial charge >= 0.3 is 0 Å². The number of rotatable bonds is 0. The van der Waals surface area contributed by atoms with Crippen LogP contribution in [0.1, 0.15) is 59.3 Å². The molecule has 1 aliphatic heterocycles. The largest absolute Gasteiger partial charge is 0.366 e. The minimum atomic E-state index is 0.0973. The zero-order chi connectivity index (χ0) is 15.4. The molecular weight excluding hydrogens is 268 g/mol. The molecule has 118 valence electrons. The van der Waals surface area contributed by atoms with E-state index in [0.29, 0.717) is 5.41 Å². The molecule has 2 nitrogen and oxygen atoms in total. The smallest absolute Gasteiger partial charge is 0.107 e. The topological polar surface area (TPSA) is 24.1 Å². The highest BCUT2D eigenvalue weighted by Crippen LogP contribution is 2.42. The molecule has 1 aromatic rings. The Hall–Kier alpha value is -1.44. The zero-order valence-corrected chi connectivity index (χ0v) is 14.1. The van der Waals surface area contributed by atoms with Crippen LogP contribution in [0.5, 0.6) is 0 Å². The molecule has 4 rings (SSSR count). The van der Waals surface area contributed by atoms with Gasteiger partial charge in [-0.05, 0) is 61.1 Å². The first kappa shape index (κ1) is 14.2. The van der Waals surface area contributed by atoms with Gasteiger partial charge in [0.2, 0.25) is 0 Å². The third-order valence-electron chi connectivity index (χ3n) is 5.99. The van der Waals surface area contributed by atoms with Gasteiger partial charge in [0.1, 0.15) is 5.66 Å². The predicted molar refractivity (Wildman–Crippen MR) is 93.7 cm³/mol. The van der Waals surface area contributed by atoms with Gasteiger partial charge in [-0.15, -0.1) is 0 Å². The minimum Gasteiger partial charge on any atom is -0.366 e. The van der Waals surface area contributed by atoms with Crippen LogP contribution in [0.3, 0.4) is 0 Å². The molecule has 0 amide bonds. The van der Waals surface area contributed by atoms with Crippen molar-refractivity contribution in [2.24, 2.45) is 11.3 Å². The van der Waals surface area contributed by atoms with Crippen molar-refractivity contribution in [3.63, 3.8) is 0 Å². The second kappa shape index (κ2) is 4.78. The summed E-state index contributed by atoms with van der Waals surface area (Å²) in [7, 11) is 0. The summed E-state index contributed by atoms with van der Waals surface area (Å²) < 4.78 is 0. The number of benzene rings is 1. The molecule has 1 fully saturated rings. The quantitative estimate of drug-likeness (QED) is 0.767. The van der Waals surface area contributed by atoms with Crippen molar-refractivity contribution in [2.75, 3.05) is 5.32 Å². The molecule has 1 aromatic carbocycles. The van der Waals surface area contributed by atoms with Crippen molar-refractivity contribution in [3.8, 4) is 0 Å². The third kappa shape index (κ3) is 2.24. The Bertz CT molecular complexity index is 700. The molecule has 0 atom stereocenters. The normalized spacial score (nSPS) is 30.1. The molecule has 1 spiro atoms. The van der Waals surface area contributed by atoms with Gasteiger partial charge < -0.3 is 10.6 Å². The number of nitrogens with one attached hydrogen (secondary N) is 2. The van der Waals surface area contributed by atoms with E-state index in [4.69, 9.17) is 0 Å². The van der Waals surface area contributed by atoms with Crippen molar-refractivity contribution < 1.29 is 0 Å². The van der Waals surface area contributed by atoms with Crippen LogP contribution in [-0.2, 0) is 0 Å². The van der Waals surface area contributed by atoms with Crippen LogP contribution in [0, 0.1) is 11.3 Å². The monoisotopic (exact) mass is 296 g/mol. The second-order valence-electron chi connectivity index (χ2n) is 8.46. The Morgan fingerprint density at radius 1 is 1.09 bits per heavy atom. The lowest BCUT2D eigenvalue weighted by Gasteiger charge is -2.48. The van der Waals surface area contributed by atoms with E-state index in [1.165, 1.54) is 53.9 Å². The lowest BCUT2D eigenvalue weighted by atomic mass is 9.69. The van der Waals surface area contributed by atoms with Crippen molar-refractivity contribution in [3.05, 3.63) is 28.6 Å². The molecule has 22 heavy (non-hydrogen) atoms. The molecule has 1 heterocycles. The lowest BCUT2D eigenvalue weighted by molar-refractivity contribution is 0.134. The fraction of sp³-hybridized carbons (Fsp3) is 0.600. The van der Waals surface area contributed by atoms with Crippen LogP contribution in [-0.4, -0.2) is 5.66 Å². The first-order chi connectivity index (χ1) is 10.5. The van der Waals surface area contributed by atoms with Crippen LogP contribution in [0.25, 0.3) is 11.8 Å². The maximum absolute atomic E-state index is 3.92.